The first-order valence-corrected chi connectivity index (χ1v) is 6.64. The molecule has 2 nitrogen and oxygen atoms in total. The van der Waals surface area contributed by atoms with Crippen molar-refractivity contribution in [2.75, 3.05) is 5.73 Å². The minimum Gasteiger partial charge on any atom is -0.398 e. The summed E-state index contributed by atoms with van der Waals surface area (Å²) in [6.45, 7) is 2.04. The summed E-state index contributed by atoms with van der Waals surface area (Å²) in [6, 6.07) is 13.7. The quantitative estimate of drug-likeness (QED) is 0.851. The highest BCUT2D eigenvalue weighted by Crippen LogP contribution is 2.27. The number of benzene rings is 2. The summed E-state index contributed by atoms with van der Waals surface area (Å²) in [5, 5.41) is 10.3. The molecule has 2 aromatic rings. The van der Waals surface area contributed by atoms with Crippen LogP contribution in [-0.2, 0) is 6.42 Å². The predicted molar refractivity (Wildman–Crippen MR) is 78.4 cm³/mol. The zero-order valence-electron chi connectivity index (χ0n) is 10.2. The Morgan fingerprint density at radius 1 is 1.22 bits per heavy atom. The van der Waals surface area contributed by atoms with Gasteiger partial charge in [0.2, 0.25) is 0 Å². The van der Waals surface area contributed by atoms with Crippen LogP contribution >= 0.6 is 15.9 Å². The molecule has 0 aliphatic carbocycles. The molecular weight excluding hydrogens is 290 g/mol. The fraction of sp³-hybridized carbons (Fsp3) is 0.200. The van der Waals surface area contributed by atoms with E-state index in [9.17, 15) is 5.11 Å². The lowest BCUT2D eigenvalue weighted by molar-refractivity contribution is 0.179. The largest absolute Gasteiger partial charge is 0.398 e. The molecule has 0 heterocycles. The lowest BCUT2D eigenvalue weighted by atomic mass is 9.99. The topological polar surface area (TPSA) is 46.2 Å². The van der Waals surface area contributed by atoms with Gasteiger partial charge in [-0.2, -0.15) is 0 Å². The van der Waals surface area contributed by atoms with Crippen molar-refractivity contribution in [3.63, 3.8) is 0 Å². The molecular formula is C15H16BrNO. The fourth-order valence-electron chi connectivity index (χ4n) is 2.01. The molecule has 2 aromatic carbocycles. The molecule has 0 saturated heterocycles. The van der Waals surface area contributed by atoms with E-state index < -0.39 is 6.10 Å². The summed E-state index contributed by atoms with van der Waals surface area (Å²) in [5.41, 5.74) is 9.59. The molecule has 0 fully saturated rings. The lowest BCUT2D eigenvalue weighted by Gasteiger charge is -2.14. The number of nitrogen functional groups attached to an aromatic ring is 1. The summed E-state index contributed by atoms with van der Waals surface area (Å²) in [6.07, 6.45) is -0.00759. The van der Waals surface area contributed by atoms with E-state index in [1.54, 1.807) is 6.07 Å². The zero-order chi connectivity index (χ0) is 13.1. The van der Waals surface area contributed by atoms with Gasteiger partial charge in [0.15, 0.2) is 0 Å². The van der Waals surface area contributed by atoms with Crippen LogP contribution in [0.25, 0.3) is 0 Å². The predicted octanol–water partition coefficient (Wildman–Crippen LogP) is 3.62. The highest BCUT2D eigenvalue weighted by molar-refractivity contribution is 9.10. The van der Waals surface area contributed by atoms with Crippen LogP contribution in [0.15, 0.2) is 46.9 Å². The highest BCUT2D eigenvalue weighted by atomic mass is 79.9. The van der Waals surface area contributed by atoms with Gasteiger partial charge in [-0.1, -0.05) is 45.8 Å². The van der Waals surface area contributed by atoms with Crippen molar-refractivity contribution < 1.29 is 5.11 Å². The van der Waals surface area contributed by atoms with Gasteiger partial charge in [-0.25, -0.2) is 0 Å². The number of aliphatic hydroxyl groups is 1. The zero-order valence-corrected chi connectivity index (χ0v) is 11.8. The van der Waals surface area contributed by atoms with E-state index in [2.05, 4.69) is 22.0 Å². The van der Waals surface area contributed by atoms with Crippen molar-refractivity contribution in [2.45, 2.75) is 19.4 Å². The standard InChI is InChI=1S/C15H16BrNO/c1-10-3-2-4-11(7-10)8-15(18)13-9-12(16)5-6-14(13)17/h2-7,9,15,18H,8,17H2,1H3. The fourth-order valence-corrected chi connectivity index (χ4v) is 2.39. The molecule has 3 N–H and O–H groups in total. The van der Waals surface area contributed by atoms with Gasteiger partial charge in [0, 0.05) is 22.1 Å². The van der Waals surface area contributed by atoms with Crippen LogP contribution in [0.1, 0.15) is 22.8 Å². The first kappa shape index (κ1) is 13.1. The van der Waals surface area contributed by atoms with Crippen LogP contribution in [0, 0.1) is 6.92 Å². The van der Waals surface area contributed by atoms with Crippen molar-refractivity contribution in [2.24, 2.45) is 0 Å². The lowest BCUT2D eigenvalue weighted by Crippen LogP contribution is -2.05. The second kappa shape index (κ2) is 5.55. The molecule has 0 aliphatic rings. The monoisotopic (exact) mass is 305 g/mol. The first-order valence-electron chi connectivity index (χ1n) is 5.85. The SMILES string of the molecule is Cc1cccc(CC(O)c2cc(Br)ccc2N)c1. The molecule has 0 spiro atoms. The van der Waals surface area contributed by atoms with Crippen molar-refractivity contribution in [1.29, 1.82) is 0 Å². The van der Waals surface area contributed by atoms with Gasteiger partial charge in [-0.05, 0) is 30.7 Å². The first-order chi connectivity index (χ1) is 8.56. The van der Waals surface area contributed by atoms with Crippen molar-refractivity contribution in [3.8, 4) is 0 Å². The molecule has 0 radical (unpaired) electrons. The van der Waals surface area contributed by atoms with Crippen LogP contribution in [-0.4, -0.2) is 5.11 Å². The van der Waals surface area contributed by atoms with E-state index in [0.717, 1.165) is 15.6 Å². The minimum absolute atomic E-state index is 0.572. The average Bonchev–Trinajstić information content (AvgIpc) is 2.32. The summed E-state index contributed by atoms with van der Waals surface area (Å²) in [7, 11) is 0. The summed E-state index contributed by atoms with van der Waals surface area (Å²) >= 11 is 3.39. The minimum atomic E-state index is -0.579. The third-order valence-electron chi connectivity index (χ3n) is 2.92. The van der Waals surface area contributed by atoms with E-state index in [-0.39, 0.29) is 0 Å². The Bertz CT molecular complexity index is 554. The van der Waals surface area contributed by atoms with Gasteiger partial charge in [-0.3, -0.25) is 0 Å². The van der Waals surface area contributed by atoms with Crippen LogP contribution in [0.3, 0.4) is 0 Å². The van der Waals surface area contributed by atoms with Gasteiger partial charge in [0.05, 0.1) is 6.10 Å². The Labute approximate surface area is 116 Å². The Morgan fingerprint density at radius 2 is 2.00 bits per heavy atom. The van der Waals surface area contributed by atoms with E-state index in [1.807, 2.05) is 37.3 Å². The number of halogens is 1. The Morgan fingerprint density at radius 3 is 2.72 bits per heavy atom. The average molecular weight is 306 g/mol. The summed E-state index contributed by atoms with van der Waals surface area (Å²) in [4.78, 5) is 0. The number of anilines is 1. The van der Waals surface area contributed by atoms with Gasteiger partial charge in [0.25, 0.3) is 0 Å². The van der Waals surface area contributed by atoms with Crippen molar-refractivity contribution in [1.82, 2.24) is 0 Å². The van der Waals surface area contributed by atoms with Crippen molar-refractivity contribution in [3.05, 3.63) is 63.6 Å². The Hall–Kier alpha value is -1.32. The number of aliphatic hydroxyl groups excluding tert-OH is 1. The van der Waals surface area contributed by atoms with Crippen LogP contribution < -0.4 is 5.73 Å². The van der Waals surface area contributed by atoms with Gasteiger partial charge >= 0.3 is 0 Å². The van der Waals surface area contributed by atoms with Gasteiger partial charge in [-0.15, -0.1) is 0 Å². The molecule has 0 bridgehead atoms. The molecule has 0 saturated carbocycles. The number of hydrogen-bond donors (Lipinski definition) is 2. The number of nitrogens with two attached hydrogens (primary N) is 1. The number of rotatable bonds is 3. The maximum atomic E-state index is 10.3. The summed E-state index contributed by atoms with van der Waals surface area (Å²) in [5.74, 6) is 0. The maximum absolute atomic E-state index is 10.3. The molecule has 1 unspecified atom stereocenters. The normalized spacial score (nSPS) is 12.4. The second-order valence-electron chi connectivity index (χ2n) is 4.48. The molecule has 1 atom stereocenters. The van der Waals surface area contributed by atoms with E-state index in [4.69, 9.17) is 5.73 Å². The molecule has 18 heavy (non-hydrogen) atoms. The van der Waals surface area contributed by atoms with Crippen LogP contribution in [0.5, 0.6) is 0 Å². The summed E-state index contributed by atoms with van der Waals surface area (Å²) < 4.78 is 0.926. The van der Waals surface area contributed by atoms with E-state index in [1.165, 1.54) is 5.56 Å². The second-order valence-corrected chi connectivity index (χ2v) is 5.40. The smallest absolute Gasteiger partial charge is 0.0850 e. The van der Waals surface area contributed by atoms with Gasteiger partial charge < -0.3 is 10.8 Å². The van der Waals surface area contributed by atoms with E-state index in [0.29, 0.717) is 12.1 Å². The molecule has 3 heteroatoms. The molecule has 2 rings (SSSR count). The van der Waals surface area contributed by atoms with Crippen molar-refractivity contribution >= 4 is 21.6 Å². The Balaban J connectivity index is 2.21. The van der Waals surface area contributed by atoms with Crippen LogP contribution in [0.4, 0.5) is 5.69 Å². The molecule has 0 amide bonds. The number of aryl methyl sites for hydroxylation is 1. The van der Waals surface area contributed by atoms with Crippen LogP contribution in [0.2, 0.25) is 0 Å². The third-order valence-corrected chi connectivity index (χ3v) is 3.41. The van der Waals surface area contributed by atoms with E-state index >= 15 is 0 Å². The van der Waals surface area contributed by atoms with Gasteiger partial charge in [0.1, 0.15) is 0 Å². The molecule has 94 valence electrons. The number of hydrogen-bond acceptors (Lipinski definition) is 2. The third kappa shape index (κ3) is 3.12. The molecule has 0 aromatic heterocycles. The Kier molecular flexibility index (Phi) is 4.04. The molecule has 0 aliphatic heterocycles. The maximum Gasteiger partial charge on any atom is 0.0850 e. The highest BCUT2D eigenvalue weighted by Gasteiger charge is 2.12.